The van der Waals surface area contributed by atoms with Crippen molar-refractivity contribution in [3.05, 3.63) is 57.6 Å². The Kier molecular flexibility index (Phi) is 4.55. The Balaban J connectivity index is 1.74. The summed E-state index contributed by atoms with van der Waals surface area (Å²) in [4.78, 5) is 8.88. The van der Waals surface area contributed by atoms with Crippen molar-refractivity contribution in [2.24, 2.45) is 0 Å². The van der Waals surface area contributed by atoms with Gasteiger partial charge in [-0.3, -0.25) is 0 Å². The minimum Gasteiger partial charge on any atom is -0.337 e. The molecule has 0 aliphatic rings. The molecule has 0 saturated carbocycles. The number of nitrogens with zero attached hydrogens (tertiary/aromatic N) is 4. The molecule has 4 rings (SSSR count). The van der Waals surface area contributed by atoms with Crippen LogP contribution < -0.4 is 10.6 Å². The lowest BCUT2D eigenvalue weighted by molar-refractivity contribution is 0.314. The van der Waals surface area contributed by atoms with Crippen LogP contribution in [0.4, 0.5) is 23.0 Å². The zero-order chi connectivity index (χ0) is 19.0. The Bertz CT molecular complexity index is 1060. The van der Waals surface area contributed by atoms with Crippen LogP contribution in [0.15, 0.2) is 41.0 Å². The number of fused-ring (bicyclic) bond motifs is 1. The SMILES string of the molecule is Cc1ccc(Nc2nc3nonc3nc2Nc2ccc(C)c(Cl)c2)cc1Cl. The van der Waals surface area contributed by atoms with Gasteiger partial charge in [0.15, 0.2) is 11.6 Å². The number of aromatic nitrogens is 4. The van der Waals surface area contributed by atoms with Crippen molar-refractivity contribution in [3.63, 3.8) is 0 Å². The predicted molar refractivity (Wildman–Crippen MR) is 106 cm³/mol. The first-order chi connectivity index (χ1) is 13.0. The summed E-state index contributed by atoms with van der Waals surface area (Å²) in [7, 11) is 0. The molecule has 2 heterocycles. The molecular formula is C18H14Cl2N6O. The lowest BCUT2D eigenvalue weighted by atomic mass is 10.2. The smallest absolute Gasteiger partial charge is 0.245 e. The van der Waals surface area contributed by atoms with Crippen LogP contribution in [0.2, 0.25) is 10.0 Å². The van der Waals surface area contributed by atoms with Crippen molar-refractivity contribution >= 4 is 57.5 Å². The van der Waals surface area contributed by atoms with E-state index in [1.165, 1.54) is 0 Å². The normalized spacial score (nSPS) is 11.0. The molecule has 0 fully saturated rings. The van der Waals surface area contributed by atoms with Crippen LogP contribution in [0, 0.1) is 13.8 Å². The number of rotatable bonds is 4. The van der Waals surface area contributed by atoms with Crippen molar-refractivity contribution < 1.29 is 4.63 Å². The van der Waals surface area contributed by atoms with Gasteiger partial charge in [-0.05, 0) is 59.6 Å². The quantitative estimate of drug-likeness (QED) is 0.472. The molecule has 0 bridgehead atoms. The van der Waals surface area contributed by atoms with E-state index in [9.17, 15) is 0 Å². The zero-order valence-corrected chi connectivity index (χ0v) is 15.9. The van der Waals surface area contributed by atoms with E-state index in [1.807, 2.05) is 50.2 Å². The van der Waals surface area contributed by atoms with Gasteiger partial charge in [0.2, 0.25) is 11.3 Å². The number of halogens is 2. The molecule has 9 heteroatoms. The van der Waals surface area contributed by atoms with Crippen molar-refractivity contribution in [2.75, 3.05) is 10.6 Å². The molecule has 4 aromatic rings. The first-order valence-electron chi connectivity index (χ1n) is 8.06. The summed E-state index contributed by atoms with van der Waals surface area (Å²) in [5.74, 6) is 0.907. The van der Waals surface area contributed by atoms with Gasteiger partial charge in [-0.1, -0.05) is 35.3 Å². The van der Waals surface area contributed by atoms with Crippen molar-refractivity contribution in [1.29, 1.82) is 0 Å². The monoisotopic (exact) mass is 400 g/mol. The van der Waals surface area contributed by atoms with Crippen LogP contribution in [0.25, 0.3) is 11.3 Å². The molecule has 0 radical (unpaired) electrons. The standard InChI is InChI=1S/C18H14Cl2N6O/c1-9-3-5-11(7-13(9)19)21-15-16(24-18-17(23-15)25-27-26-18)22-12-6-4-10(2)14(20)8-12/h3-8H,1-2H3,(H,21,23,25)(H,22,24,26). The van der Waals surface area contributed by atoms with Crippen LogP contribution >= 0.6 is 23.2 Å². The average molecular weight is 401 g/mol. The van der Waals surface area contributed by atoms with E-state index in [0.29, 0.717) is 33.0 Å². The Morgan fingerprint density at radius 1 is 0.741 bits per heavy atom. The van der Waals surface area contributed by atoms with E-state index in [0.717, 1.165) is 22.5 Å². The summed E-state index contributed by atoms with van der Waals surface area (Å²) >= 11 is 12.4. The average Bonchev–Trinajstić information content (AvgIpc) is 3.09. The molecule has 0 aliphatic carbocycles. The lowest BCUT2D eigenvalue weighted by Crippen LogP contribution is -2.03. The van der Waals surface area contributed by atoms with Crippen LogP contribution in [0.3, 0.4) is 0 Å². The highest BCUT2D eigenvalue weighted by Crippen LogP contribution is 2.30. The van der Waals surface area contributed by atoms with E-state index in [-0.39, 0.29) is 0 Å². The fourth-order valence-electron chi connectivity index (χ4n) is 2.43. The third-order valence-electron chi connectivity index (χ3n) is 3.98. The summed E-state index contributed by atoms with van der Waals surface area (Å²) < 4.78 is 4.72. The Morgan fingerprint density at radius 3 is 1.59 bits per heavy atom. The van der Waals surface area contributed by atoms with E-state index in [4.69, 9.17) is 27.8 Å². The first kappa shape index (κ1) is 17.5. The molecule has 7 nitrogen and oxygen atoms in total. The fourth-order valence-corrected chi connectivity index (χ4v) is 2.79. The molecule has 0 aliphatic heterocycles. The maximum Gasteiger partial charge on any atom is 0.245 e. The second-order valence-corrected chi connectivity index (χ2v) is 6.82. The maximum atomic E-state index is 6.22. The Hall–Kier alpha value is -2.90. The molecule has 2 N–H and O–H groups in total. The Morgan fingerprint density at radius 2 is 1.19 bits per heavy atom. The van der Waals surface area contributed by atoms with Crippen LogP contribution in [-0.2, 0) is 0 Å². The van der Waals surface area contributed by atoms with E-state index in [2.05, 4.69) is 30.9 Å². The third-order valence-corrected chi connectivity index (χ3v) is 4.80. The summed E-state index contributed by atoms with van der Waals surface area (Å²) in [6.07, 6.45) is 0. The number of anilines is 4. The van der Waals surface area contributed by atoms with Gasteiger partial charge in [0.05, 0.1) is 0 Å². The minimum atomic E-state index is 0.295. The number of aryl methyl sites for hydroxylation is 2. The van der Waals surface area contributed by atoms with Gasteiger partial charge in [0.1, 0.15) is 0 Å². The largest absolute Gasteiger partial charge is 0.337 e. The van der Waals surface area contributed by atoms with E-state index < -0.39 is 0 Å². The molecule has 0 saturated heterocycles. The topological polar surface area (TPSA) is 88.8 Å². The van der Waals surface area contributed by atoms with Gasteiger partial charge >= 0.3 is 0 Å². The molecule has 0 amide bonds. The maximum absolute atomic E-state index is 6.22. The minimum absolute atomic E-state index is 0.295. The van der Waals surface area contributed by atoms with Crippen LogP contribution in [-0.4, -0.2) is 20.3 Å². The molecule has 2 aromatic heterocycles. The number of benzene rings is 2. The Labute approximate surface area is 164 Å². The summed E-state index contributed by atoms with van der Waals surface area (Å²) in [5, 5.41) is 15.2. The third kappa shape index (κ3) is 3.65. The predicted octanol–water partition coefficient (Wildman–Crippen LogP) is 5.42. The highest BCUT2D eigenvalue weighted by molar-refractivity contribution is 6.32. The van der Waals surface area contributed by atoms with Gasteiger partial charge in [-0.2, -0.15) is 0 Å². The molecule has 0 unspecified atom stereocenters. The van der Waals surface area contributed by atoms with Gasteiger partial charge in [0, 0.05) is 21.4 Å². The van der Waals surface area contributed by atoms with Gasteiger partial charge in [0.25, 0.3) is 0 Å². The van der Waals surface area contributed by atoms with Crippen molar-refractivity contribution in [1.82, 2.24) is 20.3 Å². The summed E-state index contributed by atoms with van der Waals surface area (Å²) in [6.45, 7) is 3.88. The second-order valence-electron chi connectivity index (χ2n) is 6.01. The molecule has 0 spiro atoms. The second kappa shape index (κ2) is 7.02. The molecule has 2 aromatic carbocycles. The number of hydrogen-bond donors (Lipinski definition) is 2. The van der Waals surface area contributed by atoms with E-state index >= 15 is 0 Å². The molecule has 0 atom stereocenters. The van der Waals surface area contributed by atoms with E-state index in [1.54, 1.807) is 0 Å². The van der Waals surface area contributed by atoms with Gasteiger partial charge < -0.3 is 10.6 Å². The highest BCUT2D eigenvalue weighted by atomic mass is 35.5. The highest BCUT2D eigenvalue weighted by Gasteiger charge is 2.14. The summed E-state index contributed by atoms with van der Waals surface area (Å²) in [6, 6.07) is 11.3. The lowest BCUT2D eigenvalue weighted by Gasteiger charge is -2.13. The fraction of sp³-hybridized carbons (Fsp3) is 0.111. The first-order valence-corrected chi connectivity index (χ1v) is 8.82. The molecular weight excluding hydrogens is 387 g/mol. The van der Waals surface area contributed by atoms with Crippen molar-refractivity contribution in [3.8, 4) is 0 Å². The van der Waals surface area contributed by atoms with Crippen LogP contribution in [0.1, 0.15) is 11.1 Å². The van der Waals surface area contributed by atoms with Gasteiger partial charge in [-0.15, -0.1) is 0 Å². The summed E-state index contributed by atoms with van der Waals surface area (Å²) in [5.41, 5.74) is 4.09. The number of nitrogens with one attached hydrogen (secondary N) is 2. The molecule has 27 heavy (non-hydrogen) atoms. The van der Waals surface area contributed by atoms with Gasteiger partial charge in [-0.25, -0.2) is 14.6 Å². The zero-order valence-electron chi connectivity index (χ0n) is 14.4. The number of hydrogen-bond acceptors (Lipinski definition) is 7. The van der Waals surface area contributed by atoms with Crippen LogP contribution in [0.5, 0.6) is 0 Å². The van der Waals surface area contributed by atoms with Crippen molar-refractivity contribution in [2.45, 2.75) is 13.8 Å². The molecule has 136 valence electrons.